The minimum absolute atomic E-state index is 0.00500. The Morgan fingerprint density at radius 2 is 1.95 bits per heavy atom. The zero-order valence-corrected chi connectivity index (χ0v) is 22.4. The lowest BCUT2D eigenvalue weighted by atomic mass is 10.1. The largest absolute Gasteiger partial charge is 0.491 e. The van der Waals surface area contributed by atoms with Gasteiger partial charge in [-0.3, -0.25) is 14.5 Å². The fraction of sp³-hybridized carbons (Fsp3) is 0.357. The molecule has 2 aliphatic rings. The van der Waals surface area contributed by atoms with E-state index in [1.54, 1.807) is 25.1 Å². The van der Waals surface area contributed by atoms with Crippen LogP contribution in [-0.2, 0) is 9.59 Å². The number of carbonyl (C=O) groups is 2. The Morgan fingerprint density at radius 3 is 2.67 bits per heavy atom. The number of nitrogens with one attached hydrogen (secondary N) is 2. The summed E-state index contributed by atoms with van der Waals surface area (Å²) in [7, 11) is 0. The summed E-state index contributed by atoms with van der Waals surface area (Å²) in [5.74, 6) is 0.828. The molecule has 2 amide bonds. The van der Waals surface area contributed by atoms with E-state index in [2.05, 4.69) is 25.5 Å². The maximum atomic E-state index is 13.6. The summed E-state index contributed by atoms with van der Waals surface area (Å²) in [4.78, 5) is 37.1. The van der Waals surface area contributed by atoms with Crippen LogP contribution >= 0.6 is 11.6 Å². The van der Waals surface area contributed by atoms with E-state index in [1.165, 1.54) is 24.5 Å². The van der Waals surface area contributed by atoms with Gasteiger partial charge in [0.2, 0.25) is 11.8 Å². The summed E-state index contributed by atoms with van der Waals surface area (Å²) in [5, 5.41) is 6.74. The van der Waals surface area contributed by atoms with Crippen molar-refractivity contribution >= 4 is 51.5 Å². The lowest BCUT2D eigenvalue weighted by Gasteiger charge is -2.33. The minimum Gasteiger partial charge on any atom is -0.491 e. The first-order chi connectivity index (χ1) is 18.9. The average Bonchev–Trinajstić information content (AvgIpc) is 3.75. The normalized spacial score (nSPS) is 16.0. The van der Waals surface area contributed by atoms with E-state index in [4.69, 9.17) is 16.3 Å². The Kier molecular flexibility index (Phi) is 8.23. The van der Waals surface area contributed by atoms with Gasteiger partial charge in [0.1, 0.15) is 23.7 Å². The molecular weight excluding hydrogens is 523 g/mol. The van der Waals surface area contributed by atoms with Crippen molar-refractivity contribution in [3.05, 3.63) is 59.7 Å². The molecule has 0 spiro atoms. The number of carbonyl (C=O) groups excluding carboxylic acids is 2. The van der Waals surface area contributed by atoms with Gasteiger partial charge in [-0.15, -0.1) is 0 Å². The molecule has 1 aliphatic heterocycles. The van der Waals surface area contributed by atoms with Crippen molar-refractivity contribution < 1.29 is 18.7 Å². The van der Waals surface area contributed by atoms with Gasteiger partial charge < -0.3 is 20.3 Å². The number of amides is 2. The standard InChI is InChI=1S/C28H30ClFN6O3/c1-18(37)36-11-9-35(10-12-36)8-2-3-27(38)34-25-14-21-24(15-26(25)39-16-19-4-5-19)31-17-32-28(21)33-20-6-7-23(30)22(29)13-20/h2-3,6-7,13-15,17,19H,4-5,8-12,16H2,1H3,(H,34,38)(H,31,32,33). The maximum absolute atomic E-state index is 13.6. The fourth-order valence-corrected chi connectivity index (χ4v) is 4.51. The monoisotopic (exact) mass is 552 g/mol. The third-order valence-electron chi connectivity index (χ3n) is 6.80. The van der Waals surface area contributed by atoms with E-state index < -0.39 is 5.82 Å². The third kappa shape index (κ3) is 7.01. The van der Waals surface area contributed by atoms with Crippen LogP contribution in [0.15, 0.2) is 48.8 Å². The van der Waals surface area contributed by atoms with Crippen LogP contribution in [0.1, 0.15) is 19.8 Å². The number of aromatic nitrogens is 2. The number of hydrogen-bond donors (Lipinski definition) is 2. The Hall–Kier alpha value is -3.76. The molecule has 9 nitrogen and oxygen atoms in total. The highest BCUT2D eigenvalue weighted by Gasteiger charge is 2.23. The molecule has 1 saturated carbocycles. The molecule has 11 heteroatoms. The lowest BCUT2D eigenvalue weighted by molar-refractivity contribution is -0.130. The highest BCUT2D eigenvalue weighted by molar-refractivity contribution is 6.31. The van der Waals surface area contributed by atoms with E-state index >= 15 is 0 Å². The summed E-state index contributed by atoms with van der Waals surface area (Å²) in [5.41, 5.74) is 1.70. The first-order valence-corrected chi connectivity index (χ1v) is 13.3. The van der Waals surface area contributed by atoms with Gasteiger partial charge in [0, 0.05) is 62.9 Å². The van der Waals surface area contributed by atoms with Gasteiger partial charge in [0.25, 0.3) is 0 Å². The number of ether oxygens (including phenoxy) is 1. The number of anilines is 3. The van der Waals surface area contributed by atoms with Gasteiger partial charge in [0.05, 0.1) is 22.8 Å². The predicted molar refractivity (Wildman–Crippen MR) is 149 cm³/mol. The van der Waals surface area contributed by atoms with E-state index in [9.17, 15) is 14.0 Å². The molecule has 3 aromatic rings. The van der Waals surface area contributed by atoms with Crippen molar-refractivity contribution in [1.29, 1.82) is 0 Å². The van der Waals surface area contributed by atoms with Gasteiger partial charge in [-0.1, -0.05) is 17.7 Å². The smallest absolute Gasteiger partial charge is 0.248 e. The van der Waals surface area contributed by atoms with E-state index in [-0.39, 0.29) is 16.8 Å². The lowest BCUT2D eigenvalue weighted by Crippen LogP contribution is -2.47. The highest BCUT2D eigenvalue weighted by Crippen LogP contribution is 2.36. The molecule has 0 bridgehead atoms. The van der Waals surface area contributed by atoms with Crippen LogP contribution in [0, 0.1) is 11.7 Å². The Morgan fingerprint density at radius 1 is 1.15 bits per heavy atom. The second kappa shape index (κ2) is 12.0. The van der Waals surface area contributed by atoms with E-state index in [0.717, 1.165) is 25.9 Å². The first-order valence-electron chi connectivity index (χ1n) is 12.9. The van der Waals surface area contributed by atoms with Crippen molar-refractivity contribution in [2.45, 2.75) is 19.8 Å². The van der Waals surface area contributed by atoms with Crippen molar-refractivity contribution in [3.63, 3.8) is 0 Å². The highest BCUT2D eigenvalue weighted by atomic mass is 35.5. The Balaban J connectivity index is 1.32. The van der Waals surface area contributed by atoms with Crippen LogP contribution in [0.2, 0.25) is 5.02 Å². The SMILES string of the molecule is CC(=O)N1CCN(CC=CC(=O)Nc2cc3c(Nc4ccc(F)c(Cl)c4)ncnc3cc2OCC2CC2)CC1. The quantitative estimate of drug-likeness (QED) is 0.374. The van der Waals surface area contributed by atoms with Crippen LogP contribution in [0.4, 0.5) is 21.6 Å². The minimum atomic E-state index is -0.511. The van der Waals surface area contributed by atoms with E-state index in [1.807, 2.05) is 11.0 Å². The Bertz CT molecular complexity index is 1410. The summed E-state index contributed by atoms with van der Waals surface area (Å²) in [6.07, 6.45) is 7.02. The van der Waals surface area contributed by atoms with Crippen molar-refractivity contribution in [2.75, 3.05) is 50.0 Å². The molecule has 39 heavy (non-hydrogen) atoms. The molecule has 2 N–H and O–H groups in total. The zero-order valence-electron chi connectivity index (χ0n) is 21.6. The zero-order chi connectivity index (χ0) is 27.4. The average molecular weight is 553 g/mol. The number of fused-ring (bicyclic) bond motifs is 1. The number of benzene rings is 2. The van der Waals surface area contributed by atoms with Crippen molar-refractivity contribution in [1.82, 2.24) is 19.8 Å². The number of halogens is 2. The summed E-state index contributed by atoms with van der Waals surface area (Å²) in [6.45, 7) is 5.69. The number of hydrogen-bond acceptors (Lipinski definition) is 7. The summed E-state index contributed by atoms with van der Waals surface area (Å²) in [6, 6.07) is 7.88. The molecule has 2 fully saturated rings. The summed E-state index contributed by atoms with van der Waals surface area (Å²) < 4.78 is 19.7. The number of rotatable bonds is 9. The first kappa shape index (κ1) is 26.8. The summed E-state index contributed by atoms with van der Waals surface area (Å²) >= 11 is 5.94. The van der Waals surface area contributed by atoms with Crippen LogP contribution in [0.3, 0.4) is 0 Å². The third-order valence-corrected chi connectivity index (χ3v) is 7.09. The van der Waals surface area contributed by atoms with Crippen LogP contribution in [-0.4, -0.2) is 70.9 Å². The molecule has 1 aliphatic carbocycles. The van der Waals surface area contributed by atoms with E-state index in [0.29, 0.717) is 66.0 Å². The van der Waals surface area contributed by atoms with Crippen LogP contribution in [0.25, 0.3) is 10.9 Å². The number of nitrogens with zero attached hydrogens (tertiary/aromatic N) is 4. The van der Waals surface area contributed by atoms with Crippen molar-refractivity contribution in [2.24, 2.45) is 5.92 Å². The van der Waals surface area contributed by atoms with Crippen LogP contribution < -0.4 is 15.4 Å². The van der Waals surface area contributed by atoms with Gasteiger partial charge >= 0.3 is 0 Å². The molecule has 5 rings (SSSR count). The number of piperazine rings is 1. The van der Waals surface area contributed by atoms with Gasteiger partial charge in [-0.05, 0) is 43.0 Å². The Labute approximate surface area is 231 Å². The molecule has 0 atom stereocenters. The molecule has 0 unspecified atom stereocenters. The second-order valence-corrected chi connectivity index (χ2v) is 10.2. The molecule has 2 aromatic carbocycles. The molecule has 1 aromatic heterocycles. The van der Waals surface area contributed by atoms with Gasteiger partial charge in [-0.2, -0.15) is 0 Å². The fourth-order valence-electron chi connectivity index (χ4n) is 4.33. The molecule has 2 heterocycles. The van der Waals surface area contributed by atoms with Crippen LogP contribution in [0.5, 0.6) is 5.75 Å². The predicted octanol–water partition coefficient (Wildman–Crippen LogP) is 4.61. The molecule has 1 saturated heterocycles. The molecule has 0 radical (unpaired) electrons. The van der Waals surface area contributed by atoms with Gasteiger partial charge in [-0.25, -0.2) is 14.4 Å². The maximum Gasteiger partial charge on any atom is 0.248 e. The molecule has 204 valence electrons. The van der Waals surface area contributed by atoms with Gasteiger partial charge in [0.15, 0.2) is 0 Å². The second-order valence-electron chi connectivity index (χ2n) is 9.79. The topological polar surface area (TPSA) is 99.7 Å². The molecular formula is C28H30ClFN6O3. The van der Waals surface area contributed by atoms with Crippen molar-refractivity contribution in [3.8, 4) is 5.75 Å².